The molecule has 0 saturated heterocycles. The first-order valence-corrected chi connectivity index (χ1v) is 8.37. The molecule has 2 bridgehead atoms. The molecule has 0 aliphatic heterocycles. The van der Waals surface area contributed by atoms with E-state index in [2.05, 4.69) is 10.6 Å². The van der Waals surface area contributed by atoms with Crippen molar-refractivity contribution in [2.45, 2.75) is 32.6 Å². The normalized spacial score (nSPS) is 28.2. The van der Waals surface area contributed by atoms with E-state index in [0.717, 1.165) is 25.7 Å². The molecule has 3 N–H and O–H groups in total. The second kappa shape index (κ2) is 6.63. The molecule has 0 aromatic heterocycles. The molecular weight excluding hydrogens is 308 g/mol. The van der Waals surface area contributed by atoms with Gasteiger partial charge in [0.2, 0.25) is 11.8 Å². The lowest BCUT2D eigenvalue weighted by molar-refractivity contribution is -0.156. The smallest absolute Gasteiger partial charge is 0.307 e. The Bertz CT molecular complexity index is 665. The third-order valence-electron chi connectivity index (χ3n) is 5.26. The second-order valence-electron chi connectivity index (χ2n) is 6.82. The molecule has 1 aromatic rings. The van der Waals surface area contributed by atoms with Gasteiger partial charge in [-0.3, -0.25) is 14.4 Å². The summed E-state index contributed by atoms with van der Waals surface area (Å²) in [4.78, 5) is 35.5. The van der Waals surface area contributed by atoms with Crippen LogP contribution >= 0.6 is 0 Å². The molecule has 6 heteroatoms. The predicted octanol–water partition coefficient (Wildman–Crippen LogP) is 2.72. The summed E-state index contributed by atoms with van der Waals surface area (Å²) in [6.07, 6.45) is 3.67. The number of carboxylic acid groups (broad SMARTS) is 1. The number of nitrogens with one attached hydrogen (secondary N) is 2. The van der Waals surface area contributed by atoms with Gasteiger partial charge in [0.1, 0.15) is 0 Å². The summed E-state index contributed by atoms with van der Waals surface area (Å²) in [7, 11) is 0. The monoisotopic (exact) mass is 330 g/mol. The SMILES string of the molecule is CC(=O)Nc1cccc(NC(=O)[C@@H]2C3CCC(CC3)[C@@H]2C(=O)O)c1. The van der Waals surface area contributed by atoms with Gasteiger partial charge in [-0.2, -0.15) is 0 Å². The van der Waals surface area contributed by atoms with Crippen molar-refractivity contribution in [1.82, 2.24) is 0 Å². The van der Waals surface area contributed by atoms with Crippen molar-refractivity contribution in [1.29, 1.82) is 0 Å². The molecule has 6 nitrogen and oxygen atoms in total. The number of amides is 2. The Hall–Kier alpha value is -2.37. The van der Waals surface area contributed by atoms with Crippen molar-refractivity contribution in [3.8, 4) is 0 Å². The zero-order valence-electron chi connectivity index (χ0n) is 13.6. The molecule has 3 fully saturated rings. The predicted molar refractivity (Wildman–Crippen MR) is 89.4 cm³/mol. The van der Waals surface area contributed by atoms with E-state index in [1.165, 1.54) is 6.92 Å². The number of carbonyl (C=O) groups excluding carboxylic acids is 2. The van der Waals surface area contributed by atoms with Gasteiger partial charge in [-0.1, -0.05) is 6.07 Å². The van der Waals surface area contributed by atoms with Gasteiger partial charge in [-0.25, -0.2) is 0 Å². The number of hydrogen-bond donors (Lipinski definition) is 3. The molecule has 3 aliphatic carbocycles. The Morgan fingerprint density at radius 1 is 0.958 bits per heavy atom. The maximum Gasteiger partial charge on any atom is 0.307 e. The zero-order chi connectivity index (χ0) is 17.3. The fraction of sp³-hybridized carbons (Fsp3) is 0.500. The highest BCUT2D eigenvalue weighted by Gasteiger charge is 2.50. The summed E-state index contributed by atoms with van der Waals surface area (Å²) < 4.78 is 0. The van der Waals surface area contributed by atoms with Gasteiger partial charge in [0, 0.05) is 18.3 Å². The highest BCUT2D eigenvalue weighted by Crippen LogP contribution is 2.49. The lowest BCUT2D eigenvalue weighted by Gasteiger charge is -2.45. The topological polar surface area (TPSA) is 95.5 Å². The highest BCUT2D eigenvalue weighted by molar-refractivity contribution is 5.96. The van der Waals surface area contributed by atoms with E-state index in [0.29, 0.717) is 11.4 Å². The van der Waals surface area contributed by atoms with Crippen LogP contribution in [0.4, 0.5) is 11.4 Å². The zero-order valence-corrected chi connectivity index (χ0v) is 13.6. The number of carbonyl (C=O) groups is 3. The van der Waals surface area contributed by atoms with Crippen LogP contribution in [0.25, 0.3) is 0 Å². The summed E-state index contributed by atoms with van der Waals surface area (Å²) >= 11 is 0. The number of aliphatic carboxylic acids is 1. The third kappa shape index (κ3) is 3.27. The summed E-state index contributed by atoms with van der Waals surface area (Å²) in [5.41, 5.74) is 1.16. The maximum absolute atomic E-state index is 12.7. The summed E-state index contributed by atoms with van der Waals surface area (Å²) in [5, 5.41) is 15.1. The molecule has 3 aliphatic rings. The lowest BCUT2D eigenvalue weighted by Crippen LogP contribution is -2.49. The Balaban J connectivity index is 1.76. The Morgan fingerprint density at radius 3 is 2.04 bits per heavy atom. The van der Waals surface area contributed by atoms with Crippen LogP contribution in [0.5, 0.6) is 0 Å². The maximum atomic E-state index is 12.7. The van der Waals surface area contributed by atoms with Crippen LogP contribution in [0.1, 0.15) is 32.6 Å². The molecule has 4 rings (SSSR count). The third-order valence-corrected chi connectivity index (χ3v) is 5.26. The van der Waals surface area contributed by atoms with Gasteiger partial charge in [-0.15, -0.1) is 0 Å². The Morgan fingerprint density at radius 2 is 1.50 bits per heavy atom. The van der Waals surface area contributed by atoms with Crippen molar-refractivity contribution in [3.63, 3.8) is 0 Å². The summed E-state index contributed by atoms with van der Waals surface area (Å²) in [6, 6.07) is 6.89. The molecule has 128 valence electrons. The van der Waals surface area contributed by atoms with E-state index in [9.17, 15) is 19.5 Å². The van der Waals surface area contributed by atoms with E-state index in [1.807, 2.05) is 0 Å². The molecule has 0 heterocycles. The number of rotatable bonds is 4. The fourth-order valence-corrected chi connectivity index (χ4v) is 4.29. The molecule has 0 unspecified atom stereocenters. The van der Waals surface area contributed by atoms with Crippen molar-refractivity contribution >= 4 is 29.2 Å². The number of benzene rings is 1. The average Bonchev–Trinajstić information content (AvgIpc) is 2.54. The van der Waals surface area contributed by atoms with Crippen LogP contribution in [-0.2, 0) is 14.4 Å². The van der Waals surface area contributed by atoms with Crippen molar-refractivity contribution < 1.29 is 19.5 Å². The fourth-order valence-electron chi connectivity index (χ4n) is 4.29. The van der Waals surface area contributed by atoms with Gasteiger partial charge in [0.25, 0.3) is 0 Å². The molecule has 0 radical (unpaired) electrons. The number of fused-ring (bicyclic) bond motifs is 3. The first kappa shape index (κ1) is 16.5. The van der Waals surface area contributed by atoms with Crippen LogP contribution in [0.3, 0.4) is 0 Å². The Kier molecular flexibility index (Phi) is 4.55. The van der Waals surface area contributed by atoms with E-state index in [4.69, 9.17) is 0 Å². The van der Waals surface area contributed by atoms with Crippen LogP contribution in [0.15, 0.2) is 24.3 Å². The summed E-state index contributed by atoms with van der Waals surface area (Å²) in [6.45, 7) is 1.42. The number of anilines is 2. The Labute approximate surface area is 140 Å². The first-order valence-electron chi connectivity index (χ1n) is 8.37. The lowest BCUT2D eigenvalue weighted by atomic mass is 9.58. The largest absolute Gasteiger partial charge is 0.481 e. The van der Waals surface area contributed by atoms with E-state index in [1.54, 1.807) is 24.3 Å². The van der Waals surface area contributed by atoms with Gasteiger partial charge in [0.15, 0.2) is 0 Å². The molecule has 24 heavy (non-hydrogen) atoms. The van der Waals surface area contributed by atoms with Crippen LogP contribution in [-0.4, -0.2) is 22.9 Å². The van der Waals surface area contributed by atoms with Crippen molar-refractivity contribution in [2.75, 3.05) is 10.6 Å². The van der Waals surface area contributed by atoms with Gasteiger partial charge < -0.3 is 15.7 Å². The minimum Gasteiger partial charge on any atom is -0.481 e. The molecule has 2 atom stereocenters. The summed E-state index contributed by atoms with van der Waals surface area (Å²) in [5.74, 6) is -2.08. The van der Waals surface area contributed by atoms with Crippen LogP contribution < -0.4 is 10.6 Å². The van der Waals surface area contributed by atoms with Crippen LogP contribution in [0, 0.1) is 23.7 Å². The van der Waals surface area contributed by atoms with E-state index in [-0.39, 0.29) is 23.7 Å². The standard InChI is InChI=1S/C18H22N2O4/c1-10(21)19-13-3-2-4-14(9-13)20-17(22)15-11-5-7-12(8-6-11)16(15)18(23)24/h2-4,9,11-12,15-16H,5-8H2,1H3,(H,19,21)(H,20,22)(H,23,24)/t11?,12?,15-,16+/m1/s1. The van der Waals surface area contributed by atoms with Crippen LogP contribution in [0.2, 0.25) is 0 Å². The van der Waals surface area contributed by atoms with E-state index < -0.39 is 17.8 Å². The number of carboxylic acids is 1. The van der Waals surface area contributed by atoms with Crippen molar-refractivity contribution in [2.24, 2.45) is 23.7 Å². The number of hydrogen-bond acceptors (Lipinski definition) is 3. The molecular formula is C18H22N2O4. The second-order valence-corrected chi connectivity index (χ2v) is 6.82. The van der Waals surface area contributed by atoms with Gasteiger partial charge in [0.05, 0.1) is 11.8 Å². The molecule has 0 spiro atoms. The van der Waals surface area contributed by atoms with Gasteiger partial charge >= 0.3 is 5.97 Å². The molecule has 2 amide bonds. The minimum atomic E-state index is -0.864. The quantitative estimate of drug-likeness (QED) is 0.791. The van der Waals surface area contributed by atoms with Gasteiger partial charge in [-0.05, 0) is 55.7 Å². The first-order chi connectivity index (χ1) is 11.5. The van der Waals surface area contributed by atoms with E-state index >= 15 is 0 Å². The molecule has 3 saturated carbocycles. The highest BCUT2D eigenvalue weighted by atomic mass is 16.4. The average molecular weight is 330 g/mol. The minimum absolute atomic E-state index is 0.106. The van der Waals surface area contributed by atoms with Crippen molar-refractivity contribution in [3.05, 3.63) is 24.3 Å². The molecule has 1 aromatic carbocycles.